The summed E-state index contributed by atoms with van der Waals surface area (Å²) in [5, 5.41) is 12.6. The summed E-state index contributed by atoms with van der Waals surface area (Å²) in [7, 11) is 0. The van der Waals surface area contributed by atoms with Crippen molar-refractivity contribution in [1.29, 1.82) is 0 Å². The molecule has 286 valence electrons. The van der Waals surface area contributed by atoms with Crippen LogP contribution in [0, 0.1) is 5.92 Å². The Morgan fingerprint density at radius 2 is 1.59 bits per heavy atom. The number of hydrogen-bond donors (Lipinski definition) is 2. The lowest BCUT2D eigenvalue weighted by Crippen LogP contribution is -2.52. The number of aliphatic hydroxyl groups excluding tert-OH is 1. The van der Waals surface area contributed by atoms with Gasteiger partial charge in [0, 0.05) is 50.4 Å². The summed E-state index contributed by atoms with van der Waals surface area (Å²) >= 11 is 0. The minimum Gasteiger partial charge on any atom is -0.494 e. The maximum Gasteiger partial charge on any atom is 0.255 e. The zero-order valence-corrected chi connectivity index (χ0v) is 31.8. The number of piperidine rings is 1. The third-order valence-electron chi connectivity index (χ3n) is 11.8. The molecule has 4 aliphatic rings. The lowest BCUT2D eigenvalue weighted by Gasteiger charge is -2.36. The largest absolute Gasteiger partial charge is 0.494 e. The van der Waals surface area contributed by atoms with E-state index in [1.54, 1.807) is 4.90 Å². The number of allylic oxidation sites excluding steroid dienone is 2. The molecule has 3 aromatic rings. The van der Waals surface area contributed by atoms with E-state index in [1.807, 2.05) is 12.1 Å². The molecular weight excluding hydrogens is 677 g/mol. The van der Waals surface area contributed by atoms with Crippen LogP contribution in [0.2, 0.25) is 0 Å². The molecule has 0 bridgehead atoms. The lowest BCUT2D eigenvalue weighted by atomic mass is 9.76. The fourth-order valence-electron chi connectivity index (χ4n) is 8.87. The molecule has 3 amide bonds. The summed E-state index contributed by atoms with van der Waals surface area (Å²) in [5.41, 5.74) is 8.21. The van der Waals surface area contributed by atoms with Gasteiger partial charge in [-0.25, -0.2) is 0 Å². The summed E-state index contributed by atoms with van der Waals surface area (Å²) in [6.45, 7) is 8.34. The number of carbonyl (C=O) groups excluding carboxylic acids is 3. The fourth-order valence-corrected chi connectivity index (χ4v) is 8.87. The van der Waals surface area contributed by atoms with Gasteiger partial charge in [0.15, 0.2) is 0 Å². The van der Waals surface area contributed by atoms with Crippen molar-refractivity contribution in [3.63, 3.8) is 0 Å². The van der Waals surface area contributed by atoms with Gasteiger partial charge >= 0.3 is 0 Å². The topological polar surface area (TPSA) is 102 Å². The predicted octanol–water partition coefficient (Wildman–Crippen LogP) is 7.08. The molecule has 9 heteroatoms. The first-order chi connectivity index (χ1) is 26.4. The number of piperazine rings is 1. The normalized spacial score (nSPS) is 22.6. The Balaban J connectivity index is 0.849. The Morgan fingerprint density at radius 1 is 0.833 bits per heavy atom. The molecule has 1 saturated carbocycles. The zero-order chi connectivity index (χ0) is 37.4. The number of benzene rings is 3. The Hall–Kier alpha value is -4.47. The van der Waals surface area contributed by atoms with Gasteiger partial charge in [-0.1, -0.05) is 55.8 Å². The average molecular weight is 733 g/mol. The first-order valence-corrected chi connectivity index (χ1v) is 20.3. The minimum absolute atomic E-state index is 0.127. The van der Waals surface area contributed by atoms with E-state index in [0.29, 0.717) is 31.1 Å². The highest BCUT2D eigenvalue weighted by molar-refractivity contribution is 6.05. The van der Waals surface area contributed by atoms with Crippen molar-refractivity contribution >= 4 is 34.6 Å². The highest BCUT2D eigenvalue weighted by Gasteiger charge is 2.39. The van der Waals surface area contributed by atoms with Crippen molar-refractivity contribution in [3.8, 4) is 5.75 Å². The van der Waals surface area contributed by atoms with E-state index in [0.717, 1.165) is 108 Å². The van der Waals surface area contributed by atoms with Crippen LogP contribution in [-0.2, 0) is 16.1 Å². The molecule has 0 radical (unpaired) electrons. The Kier molecular flexibility index (Phi) is 12.5. The van der Waals surface area contributed by atoms with Crippen LogP contribution in [0.15, 0.2) is 72.8 Å². The standard InChI is InChI=1S/C45H56N4O5/c1-2-9-39(32-10-5-3-6-11-32)43(33-12-17-37(50)18-13-33)34-14-19-38(20-15-34)54-29-8-4-7-24-47-25-27-48(28-26-47)36-16-21-40-35(30-36)31-49(45(40)53)41-22-23-42(51)46-44(41)52/h3,5-6,10-11,14-16,19-21,30,33,37,41,50H,2,4,7-9,12-13,17-18,22-29,31H2,1H3,(H,46,51,52)/b43-39-/t33?,37?,41-/m0/s1. The number of ether oxygens (including phenoxy) is 1. The molecule has 7 rings (SSSR count). The fraction of sp³-hybridized carbons (Fsp3) is 0.489. The van der Waals surface area contributed by atoms with E-state index < -0.39 is 6.04 Å². The monoisotopic (exact) mass is 732 g/mol. The highest BCUT2D eigenvalue weighted by Crippen LogP contribution is 2.42. The van der Waals surface area contributed by atoms with Crippen molar-refractivity contribution in [2.75, 3.05) is 44.2 Å². The van der Waals surface area contributed by atoms with Gasteiger partial charge in [-0.3, -0.25) is 24.6 Å². The number of unbranched alkanes of at least 4 members (excludes halogenated alkanes) is 2. The molecule has 2 saturated heterocycles. The molecule has 54 heavy (non-hydrogen) atoms. The third-order valence-corrected chi connectivity index (χ3v) is 11.8. The molecule has 9 nitrogen and oxygen atoms in total. The smallest absolute Gasteiger partial charge is 0.255 e. The summed E-state index contributed by atoms with van der Waals surface area (Å²) in [5.74, 6) is 0.606. The van der Waals surface area contributed by atoms with Gasteiger partial charge < -0.3 is 19.6 Å². The number of imide groups is 1. The Labute approximate surface area is 320 Å². The van der Waals surface area contributed by atoms with Crippen LogP contribution >= 0.6 is 0 Å². The van der Waals surface area contributed by atoms with Crippen molar-refractivity contribution in [1.82, 2.24) is 15.1 Å². The number of rotatable bonds is 14. The number of amides is 3. The number of carbonyl (C=O) groups is 3. The summed E-state index contributed by atoms with van der Waals surface area (Å²) < 4.78 is 6.21. The number of aliphatic hydroxyl groups is 1. The van der Waals surface area contributed by atoms with Crippen molar-refractivity contribution in [2.24, 2.45) is 5.92 Å². The molecule has 0 spiro atoms. The SMILES string of the molecule is CCC/C(=C(/c1ccc(OCCCCCN2CCN(c3ccc4c(c3)CN([C@H]3CCC(=O)NC3=O)C4=O)CC2)cc1)C1CCC(O)CC1)c1ccccc1. The second-order valence-corrected chi connectivity index (χ2v) is 15.5. The van der Waals surface area contributed by atoms with Gasteiger partial charge in [-0.15, -0.1) is 0 Å². The van der Waals surface area contributed by atoms with Crippen LogP contribution in [0.4, 0.5) is 5.69 Å². The number of nitrogens with zero attached hydrogens (tertiary/aromatic N) is 3. The van der Waals surface area contributed by atoms with E-state index in [2.05, 4.69) is 82.7 Å². The summed E-state index contributed by atoms with van der Waals surface area (Å²) in [6, 6.07) is 25.0. The maximum absolute atomic E-state index is 13.1. The van der Waals surface area contributed by atoms with Gasteiger partial charge in [0.1, 0.15) is 11.8 Å². The molecule has 2 N–H and O–H groups in total. The van der Waals surface area contributed by atoms with Crippen LogP contribution in [0.5, 0.6) is 5.75 Å². The summed E-state index contributed by atoms with van der Waals surface area (Å²) in [4.78, 5) is 43.6. The second-order valence-electron chi connectivity index (χ2n) is 15.5. The predicted molar refractivity (Wildman–Crippen MR) is 213 cm³/mol. The van der Waals surface area contributed by atoms with Crippen molar-refractivity contribution < 1.29 is 24.2 Å². The molecule has 0 unspecified atom stereocenters. The van der Waals surface area contributed by atoms with E-state index in [4.69, 9.17) is 4.74 Å². The number of nitrogens with one attached hydrogen (secondary N) is 1. The molecular formula is C45H56N4O5. The van der Waals surface area contributed by atoms with Crippen molar-refractivity contribution in [3.05, 3.63) is 95.1 Å². The molecule has 0 aromatic heterocycles. The molecule has 3 aromatic carbocycles. The van der Waals surface area contributed by atoms with Gasteiger partial charge in [0.25, 0.3) is 5.91 Å². The van der Waals surface area contributed by atoms with E-state index in [9.17, 15) is 19.5 Å². The second kappa shape index (κ2) is 17.8. The van der Waals surface area contributed by atoms with Crippen LogP contribution < -0.4 is 15.0 Å². The Bertz CT molecular complexity index is 1790. The molecule has 3 heterocycles. The van der Waals surface area contributed by atoms with E-state index >= 15 is 0 Å². The van der Waals surface area contributed by atoms with Gasteiger partial charge in [-0.05, 0) is 128 Å². The molecule has 1 atom stereocenters. The number of hydrogen-bond acceptors (Lipinski definition) is 7. The van der Waals surface area contributed by atoms with Gasteiger partial charge in [-0.2, -0.15) is 0 Å². The quantitative estimate of drug-likeness (QED) is 0.104. The van der Waals surface area contributed by atoms with Gasteiger partial charge in [0.05, 0.1) is 12.7 Å². The van der Waals surface area contributed by atoms with Crippen LogP contribution in [0.3, 0.4) is 0 Å². The average Bonchev–Trinajstić information content (AvgIpc) is 3.52. The van der Waals surface area contributed by atoms with E-state index in [-0.39, 0.29) is 30.2 Å². The van der Waals surface area contributed by atoms with Crippen LogP contribution in [0.25, 0.3) is 11.1 Å². The van der Waals surface area contributed by atoms with E-state index in [1.165, 1.54) is 22.3 Å². The zero-order valence-electron chi connectivity index (χ0n) is 31.8. The number of fused-ring (bicyclic) bond motifs is 1. The molecule has 1 aliphatic carbocycles. The first-order valence-electron chi connectivity index (χ1n) is 20.3. The van der Waals surface area contributed by atoms with Gasteiger partial charge in [0.2, 0.25) is 11.8 Å². The highest BCUT2D eigenvalue weighted by atomic mass is 16.5. The molecule has 3 fully saturated rings. The van der Waals surface area contributed by atoms with Crippen LogP contribution in [-0.4, -0.2) is 84.1 Å². The minimum atomic E-state index is -0.586. The lowest BCUT2D eigenvalue weighted by molar-refractivity contribution is -0.136. The van der Waals surface area contributed by atoms with Crippen LogP contribution in [0.1, 0.15) is 105 Å². The summed E-state index contributed by atoms with van der Waals surface area (Å²) in [6.07, 6.45) is 9.68. The molecule has 3 aliphatic heterocycles. The first kappa shape index (κ1) is 37.8. The Morgan fingerprint density at radius 3 is 2.31 bits per heavy atom. The maximum atomic E-state index is 13.1. The third kappa shape index (κ3) is 8.90. The van der Waals surface area contributed by atoms with Crippen molar-refractivity contribution in [2.45, 2.75) is 96.2 Å². The number of anilines is 1.